The van der Waals surface area contributed by atoms with E-state index >= 15 is 0 Å². The molecule has 0 aromatic carbocycles. The van der Waals surface area contributed by atoms with Gasteiger partial charge in [0.25, 0.3) is 0 Å². The molecule has 21 heavy (non-hydrogen) atoms. The molecule has 0 nitrogen and oxygen atoms in total. The van der Waals surface area contributed by atoms with E-state index in [0.717, 1.165) is 29.1 Å². The first-order chi connectivity index (χ1) is 9.89. The molecule has 0 aliphatic heterocycles. The standard InChI is InChI=1S/C21H34/c1-6-16-8-7-9-17(12-16)10-11-18(15(2)3)19-13-21(19)14-20(21,4)5/h7-8,12,15,17-19H,6,9-11,13-14H2,1-5H3. The Morgan fingerprint density at radius 1 is 1.29 bits per heavy atom. The van der Waals surface area contributed by atoms with Crippen LogP contribution in [0.2, 0.25) is 0 Å². The Balaban J connectivity index is 1.56. The summed E-state index contributed by atoms with van der Waals surface area (Å²) in [6.07, 6.45) is 15.6. The molecule has 0 amide bonds. The molecule has 4 unspecified atom stereocenters. The van der Waals surface area contributed by atoms with E-state index in [1.165, 1.54) is 38.5 Å². The second-order valence-electron chi connectivity index (χ2n) is 9.01. The SMILES string of the molecule is CCC1=CC(CCC(C(C)C)C2CC23CC3(C)C)CC=C1. The molecule has 0 N–H and O–H groups in total. The number of hydrogen-bond donors (Lipinski definition) is 0. The van der Waals surface area contributed by atoms with Crippen LogP contribution in [-0.2, 0) is 0 Å². The smallest absolute Gasteiger partial charge is 0.0193 e. The lowest BCUT2D eigenvalue weighted by Crippen LogP contribution is -2.15. The van der Waals surface area contributed by atoms with Crippen LogP contribution < -0.4 is 0 Å². The summed E-state index contributed by atoms with van der Waals surface area (Å²) < 4.78 is 0. The van der Waals surface area contributed by atoms with Crippen LogP contribution in [0.1, 0.15) is 73.1 Å². The highest BCUT2D eigenvalue weighted by atomic mass is 14.8. The van der Waals surface area contributed by atoms with Gasteiger partial charge in [0.15, 0.2) is 0 Å². The second kappa shape index (κ2) is 5.28. The van der Waals surface area contributed by atoms with Gasteiger partial charge in [-0.25, -0.2) is 0 Å². The zero-order chi connectivity index (χ0) is 15.3. The van der Waals surface area contributed by atoms with E-state index in [0.29, 0.717) is 5.41 Å². The first kappa shape index (κ1) is 15.4. The minimum absolute atomic E-state index is 0.660. The quantitative estimate of drug-likeness (QED) is 0.531. The van der Waals surface area contributed by atoms with Crippen molar-refractivity contribution in [1.29, 1.82) is 0 Å². The Morgan fingerprint density at radius 3 is 2.52 bits per heavy atom. The van der Waals surface area contributed by atoms with Crippen molar-refractivity contribution in [2.75, 3.05) is 0 Å². The fourth-order valence-electron chi connectivity index (χ4n) is 5.28. The molecular formula is C21H34. The molecule has 2 fully saturated rings. The molecule has 1 spiro atoms. The Labute approximate surface area is 132 Å². The molecule has 3 aliphatic rings. The lowest BCUT2D eigenvalue weighted by atomic mass is 9.81. The summed E-state index contributed by atoms with van der Waals surface area (Å²) in [6.45, 7) is 12.2. The summed E-state index contributed by atoms with van der Waals surface area (Å²) >= 11 is 0. The molecule has 0 bridgehead atoms. The fraction of sp³-hybridized carbons (Fsp3) is 0.810. The van der Waals surface area contributed by atoms with Crippen LogP contribution in [-0.4, -0.2) is 0 Å². The largest absolute Gasteiger partial charge is 0.0837 e. The highest BCUT2D eigenvalue weighted by molar-refractivity contribution is 5.25. The number of hydrogen-bond acceptors (Lipinski definition) is 0. The molecule has 118 valence electrons. The van der Waals surface area contributed by atoms with Crippen molar-refractivity contribution in [2.45, 2.75) is 73.1 Å². The van der Waals surface area contributed by atoms with Crippen molar-refractivity contribution in [2.24, 2.45) is 34.5 Å². The lowest BCUT2D eigenvalue weighted by Gasteiger charge is -2.25. The molecule has 2 saturated carbocycles. The zero-order valence-corrected chi connectivity index (χ0v) is 14.8. The molecule has 0 radical (unpaired) electrons. The minimum atomic E-state index is 0.660. The van der Waals surface area contributed by atoms with Gasteiger partial charge in [0.2, 0.25) is 0 Å². The summed E-state index contributed by atoms with van der Waals surface area (Å²) in [5.74, 6) is 3.69. The van der Waals surface area contributed by atoms with Crippen LogP contribution in [0.4, 0.5) is 0 Å². The summed E-state index contributed by atoms with van der Waals surface area (Å²) in [4.78, 5) is 0. The molecule has 0 aromatic heterocycles. The Hall–Kier alpha value is -0.520. The Morgan fingerprint density at radius 2 is 2.00 bits per heavy atom. The van der Waals surface area contributed by atoms with E-state index in [2.05, 4.69) is 52.8 Å². The number of allylic oxidation sites excluding steroid dienone is 4. The van der Waals surface area contributed by atoms with Crippen molar-refractivity contribution in [3.63, 3.8) is 0 Å². The molecular weight excluding hydrogens is 252 g/mol. The van der Waals surface area contributed by atoms with E-state index in [9.17, 15) is 0 Å². The van der Waals surface area contributed by atoms with Gasteiger partial charge in [-0.05, 0) is 73.0 Å². The van der Waals surface area contributed by atoms with Gasteiger partial charge in [0.05, 0.1) is 0 Å². The topological polar surface area (TPSA) is 0 Å². The van der Waals surface area contributed by atoms with Gasteiger partial charge >= 0.3 is 0 Å². The average Bonchev–Trinajstić information content (AvgIpc) is 3.27. The van der Waals surface area contributed by atoms with Crippen LogP contribution in [0.15, 0.2) is 23.8 Å². The molecule has 3 rings (SSSR count). The predicted molar refractivity (Wildman–Crippen MR) is 92.1 cm³/mol. The lowest BCUT2D eigenvalue weighted by molar-refractivity contribution is 0.272. The third-order valence-corrected chi connectivity index (χ3v) is 6.99. The maximum absolute atomic E-state index is 2.56. The predicted octanol–water partition coefficient (Wildman–Crippen LogP) is 6.39. The Kier molecular flexibility index (Phi) is 3.87. The summed E-state index contributed by atoms with van der Waals surface area (Å²) in [7, 11) is 0. The van der Waals surface area contributed by atoms with Crippen molar-refractivity contribution < 1.29 is 0 Å². The first-order valence-corrected chi connectivity index (χ1v) is 9.27. The summed E-state index contributed by atoms with van der Waals surface area (Å²) in [6, 6.07) is 0. The van der Waals surface area contributed by atoms with Gasteiger partial charge in [-0.1, -0.05) is 58.4 Å². The molecule has 0 heterocycles. The van der Waals surface area contributed by atoms with Crippen LogP contribution in [0.25, 0.3) is 0 Å². The number of rotatable bonds is 6. The molecule has 0 heteroatoms. The normalized spacial score (nSPS) is 37.7. The molecule has 4 atom stereocenters. The van der Waals surface area contributed by atoms with Gasteiger partial charge < -0.3 is 0 Å². The van der Waals surface area contributed by atoms with Crippen LogP contribution in [0.5, 0.6) is 0 Å². The molecule has 0 aromatic rings. The minimum Gasteiger partial charge on any atom is -0.0837 e. The summed E-state index contributed by atoms with van der Waals surface area (Å²) in [5, 5.41) is 0. The maximum Gasteiger partial charge on any atom is -0.0193 e. The van der Waals surface area contributed by atoms with Crippen LogP contribution in [0, 0.1) is 34.5 Å². The van der Waals surface area contributed by atoms with Gasteiger partial charge in [0.1, 0.15) is 0 Å². The average molecular weight is 287 g/mol. The van der Waals surface area contributed by atoms with Crippen molar-refractivity contribution in [1.82, 2.24) is 0 Å². The monoisotopic (exact) mass is 286 g/mol. The first-order valence-electron chi connectivity index (χ1n) is 9.27. The van der Waals surface area contributed by atoms with Crippen LogP contribution in [0.3, 0.4) is 0 Å². The van der Waals surface area contributed by atoms with E-state index < -0.39 is 0 Å². The van der Waals surface area contributed by atoms with Crippen molar-refractivity contribution in [3.05, 3.63) is 23.8 Å². The second-order valence-corrected chi connectivity index (χ2v) is 9.01. The van der Waals surface area contributed by atoms with Gasteiger partial charge in [-0.3, -0.25) is 0 Å². The van der Waals surface area contributed by atoms with E-state index in [1.54, 1.807) is 5.57 Å². The fourth-order valence-corrected chi connectivity index (χ4v) is 5.28. The van der Waals surface area contributed by atoms with E-state index in [-0.39, 0.29) is 0 Å². The third-order valence-electron chi connectivity index (χ3n) is 6.99. The molecule has 0 saturated heterocycles. The van der Waals surface area contributed by atoms with Gasteiger partial charge in [0, 0.05) is 0 Å². The third kappa shape index (κ3) is 2.76. The van der Waals surface area contributed by atoms with Gasteiger partial charge in [-0.2, -0.15) is 0 Å². The van der Waals surface area contributed by atoms with Gasteiger partial charge in [-0.15, -0.1) is 0 Å². The Bertz CT molecular complexity index is 451. The summed E-state index contributed by atoms with van der Waals surface area (Å²) in [5.41, 5.74) is 2.99. The zero-order valence-electron chi connectivity index (χ0n) is 14.8. The highest BCUT2D eigenvalue weighted by Gasteiger charge is 2.75. The maximum atomic E-state index is 2.56. The van der Waals surface area contributed by atoms with Crippen molar-refractivity contribution >= 4 is 0 Å². The van der Waals surface area contributed by atoms with Crippen LogP contribution >= 0.6 is 0 Å². The van der Waals surface area contributed by atoms with E-state index in [1.807, 2.05) is 0 Å². The van der Waals surface area contributed by atoms with E-state index in [4.69, 9.17) is 0 Å². The molecule has 3 aliphatic carbocycles. The highest BCUT2D eigenvalue weighted by Crippen LogP contribution is 2.83. The van der Waals surface area contributed by atoms with Crippen molar-refractivity contribution in [3.8, 4) is 0 Å².